The van der Waals surface area contributed by atoms with E-state index in [1.807, 2.05) is 13.8 Å². The van der Waals surface area contributed by atoms with Crippen LogP contribution in [0.3, 0.4) is 0 Å². The van der Waals surface area contributed by atoms with Gasteiger partial charge < -0.3 is 0 Å². The topological polar surface area (TPSA) is 25.8 Å². The van der Waals surface area contributed by atoms with Crippen molar-refractivity contribution in [2.75, 3.05) is 0 Å². The number of aromatic nitrogens is 2. The molecule has 0 bridgehead atoms. The Bertz CT molecular complexity index is 371. The Hall–Kier alpha value is -0.673. The lowest BCUT2D eigenvalue weighted by Crippen LogP contribution is -2.15. The van der Waals surface area contributed by atoms with Crippen molar-refractivity contribution in [3.63, 3.8) is 0 Å². The van der Waals surface area contributed by atoms with E-state index in [4.69, 9.17) is 11.6 Å². The highest BCUT2D eigenvalue weighted by Gasteiger charge is 2.10. The summed E-state index contributed by atoms with van der Waals surface area (Å²) in [5, 5.41) is 0.550. The third-order valence-corrected chi connectivity index (χ3v) is 3.41. The maximum absolute atomic E-state index is 6.08. The Labute approximate surface area is 97.4 Å². The van der Waals surface area contributed by atoms with Crippen molar-refractivity contribution in [1.29, 1.82) is 0 Å². The van der Waals surface area contributed by atoms with Crippen molar-refractivity contribution in [3.8, 4) is 0 Å². The molecule has 1 heterocycles. The van der Waals surface area contributed by atoms with Gasteiger partial charge in [0.15, 0.2) is 0 Å². The molecule has 0 unspecified atom stereocenters. The molecule has 0 N–H and O–H groups in total. The van der Waals surface area contributed by atoms with Crippen LogP contribution in [0.15, 0.2) is 5.70 Å². The molecule has 1 aromatic rings. The van der Waals surface area contributed by atoms with Gasteiger partial charge in [-0.05, 0) is 13.8 Å². The predicted octanol–water partition coefficient (Wildman–Crippen LogP) is 3.64. The lowest BCUT2D eigenvalue weighted by Gasteiger charge is -2.09. The van der Waals surface area contributed by atoms with Gasteiger partial charge in [0.2, 0.25) is 0 Å². The van der Waals surface area contributed by atoms with Gasteiger partial charge in [-0.15, -0.1) is 0 Å². The van der Waals surface area contributed by atoms with Crippen molar-refractivity contribution >= 4 is 25.8 Å². The molecule has 0 aliphatic heterocycles. The number of aryl methyl sites for hydroxylation is 2. The van der Waals surface area contributed by atoms with E-state index in [0.717, 1.165) is 17.1 Å². The van der Waals surface area contributed by atoms with E-state index < -0.39 is 8.07 Å². The standard InChI is InChI=1S/C11H17ClN2Si/c1-8-10(6-7-15(3,4)5)11(12)14-9(2)13-8/h6-7H,1-5H3/b7-6+. The zero-order valence-electron chi connectivity index (χ0n) is 9.93. The normalized spacial score (nSPS) is 12.4. The summed E-state index contributed by atoms with van der Waals surface area (Å²) < 4.78 is 0. The minimum Gasteiger partial charge on any atom is -0.238 e. The third kappa shape index (κ3) is 3.76. The molecule has 0 atom stereocenters. The van der Waals surface area contributed by atoms with Crippen LogP contribution in [-0.2, 0) is 0 Å². The van der Waals surface area contributed by atoms with Crippen LogP contribution in [0.5, 0.6) is 0 Å². The van der Waals surface area contributed by atoms with Gasteiger partial charge in [0.25, 0.3) is 0 Å². The molecule has 2 nitrogen and oxygen atoms in total. The van der Waals surface area contributed by atoms with Gasteiger partial charge in [0, 0.05) is 11.3 Å². The molecule has 0 fully saturated rings. The van der Waals surface area contributed by atoms with Crippen LogP contribution >= 0.6 is 11.6 Å². The molecular formula is C11H17ClN2Si. The van der Waals surface area contributed by atoms with E-state index in [1.165, 1.54) is 0 Å². The molecule has 15 heavy (non-hydrogen) atoms. The Morgan fingerprint density at radius 3 is 2.20 bits per heavy atom. The van der Waals surface area contributed by atoms with E-state index >= 15 is 0 Å². The average Bonchev–Trinajstić information content (AvgIpc) is 1.99. The van der Waals surface area contributed by atoms with Crippen molar-refractivity contribution in [1.82, 2.24) is 9.97 Å². The summed E-state index contributed by atoms with van der Waals surface area (Å²) in [6.07, 6.45) is 2.06. The fourth-order valence-corrected chi connectivity index (χ4v) is 2.19. The molecule has 0 saturated carbocycles. The minimum absolute atomic E-state index is 0.550. The largest absolute Gasteiger partial charge is 0.238 e. The summed E-state index contributed by atoms with van der Waals surface area (Å²) >= 11 is 6.08. The molecule has 82 valence electrons. The first-order chi connectivity index (χ1) is 6.79. The minimum atomic E-state index is -1.19. The zero-order valence-corrected chi connectivity index (χ0v) is 11.7. The van der Waals surface area contributed by atoms with Gasteiger partial charge >= 0.3 is 0 Å². The summed E-state index contributed by atoms with van der Waals surface area (Å²) in [5.74, 6) is 0.725. The van der Waals surface area contributed by atoms with Crippen LogP contribution in [0, 0.1) is 13.8 Å². The van der Waals surface area contributed by atoms with E-state index in [-0.39, 0.29) is 0 Å². The zero-order chi connectivity index (χ0) is 11.6. The van der Waals surface area contributed by atoms with Gasteiger partial charge in [-0.3, -0.25) is 0 Å². The van der Waals surface area contributed by atoms with Gasteiger partial charge in [-0.2, -0.15) is 0 Å². The van der Waals surface area contributed by atoms with Crippen LogP contribution in [0.25, 0.3) is 6.08 Å². The van der Waals surface area contributed by atoms with Gasteiger partial charge in [-0.25, -0.2) is 9.97 Å². The van der Waals surface area contributed by atoms with Crippen molar-refractivity contribution < 1.29 is 0 Å². The van der Waals surface area contributed by atoms with E-state index in [9.17, 15) is 0 Å². The molecular weight excluding hydrogens is 224 g/mol. The fraction of sp³-hybridized carbons (Fsp3) is 0.455. The molecule has 0 radical (unpaired) electrons. The quantitative estimate of drug-likeness (QED) is 0.583. The second kappa shape index (κ2) is 4.45. The fourth-order valence-electron chi connectivity index (χ4n) is 1.20. The van der Waals surface area contributed by atoms with E-state index in [1.54, 1.807) is 0 Å². The molecule has 0 amide bonds. The molecule has 1 aromatic heterocycles. The van der Waals surface area contributed by atoms with E-state index in [0.29, 0.717) is 5.15 Å². The Kier molecular flexibility index (Phi) is 3.68. The van der Waals surface area contributed by atoms with Crippen LogP contribution in [-0.4, -0.2) is 18.0 Å². The summed E-state index contributed by atoms with van der Waals surface area (Å²) in [4.78, 5) is 8.46. The Balaban J connectivity index is 3.11. The average molecular weight is 241 g/mol. The number of hydrogen-bond acceptors (Lipinski definition) is 2. The van der Waals surface area contributed by atoms with Crippen LogP contribution in [0.1, 0.15) is 17.1 Å². The van der Waals surface area contributed by atoms with Gasteiger partial charge in [0.1, 0.15) is 11.0 Å². The SMILES string of the molecule is Cc1nc(C)c(/C=C/[Si](C)(C)C)c(Cl)n1. The molecule has 0 aliphatic carbocycles. The van der Waals surface area contributed by atoms with Crippen LogP contribution < -0.4 is 0 Å². The van der Waals surface area contributed by atoms with Crippen molar-refractivity contribution in [2.24, 2.45) is 0 Å². The van der Waals surface area contributed by atoms with Crippen LogP contribution in [0.2, 0.25) is 24.8 Å². The molecule has 4 heteroatoms. The molecule has 1 rings (SSSR count). The lowest BCUT2D eigenvalue weighted by molar-refractivity contribution is 1.00. The van der Waals surface area contributed by atoms with E-state index in [2.05, 4.69) is 41.4 Å². The maximum Gasteiger partial charge on any atom is 0.140 e. The molecule has 0 spiro atoms. The Morgan fingerprint density at radius 1 is 1.13 bits per heavy atom. The first-order valence-electron chi connectivity index (χ1n) is 4.99. The van der Waals surface area contributed by atoms with Crippen LogP contribution in [0.4, 0.5) is 0 Å². The molecule has 0 aliphatic rings. The Morgan fingerprint density at radius 2 is 1.73 bits per heavy atom. The summed E-state index contributed by atoms with van der Waals surface area (Å²) in [6.45, 7) is 10.7. The summed E-state index contributed by atoms with van der Waals surface area (Å²) in [6, 6.07) is 0. The first-order valence-corrected chi connectivity index (χ1v) is 8.95. The first kappa shape index (κ1) is 12.4. The summed E-state index contributed by atoms with van der Waals surface area (Å²) in [7, 11) is -1.19. The smallest absolute Gasteiger partial charge is 0.140 e. The highest BCUT2D eigenvalue weighted by molar-refractivity contribution is 6.81. The number of halogens is 1. The monoisotopic (exact) mass is 240 g/mol. The van der Waals surface area contributed by atoms with Gasteiger partial charge in [-0.1, -0.05) is 43.0 Å². The summed E-state index contributed by atoms with van der Waals surface area (Å²) in [5.41, 5.74) is 4.14. The highest BCUT2D eigenvalue weighted by atomic mass is 35.5. The highest BCUT2D eigenvalue weighted by Crippen LogP contribution is 2.19. The molecule has 0 saturated heterocycles. The number of rotatable bonds is 2. The number of hydrogen-bond donors (Lipinski definition) is 0. The number of nitrogens with zero attached hydrogens (tertiary/aromatic N) is 2. The second-order valence-corrected chi connectivity index (χ2v) is 10.2. The van der Waals surface area contributed by atoms with Gasteiger partial charge in [0.05, 0.1) is 8.07 Å². The molecule has 0 aromatic carbocycles. The third-order valence-electron chi connectivity index (χ3n) is 1.95. The lowest BCUT2D eigenvalue weighted by atomic mass is 10.2. The second-order valence-electron chi connectivity index (χ2n) is 4.76. The van der Waals surface area contributed by atoms with Crippen molar-refractivity contribution in [3.05, 3.63) is 27.9 Å². The van der Waals surface area contributed by atoms with Crippen molar-refractivity contribution in [2.45, 2.75) is 33.5 Å². The predicted molar refractivity (Wildman–Crippen MR) is 68.9 cm³/mol. The maximum atomic E-state index is 6.08.